The van der Waals surface area contributed by atoms with Gasteiger partial charge < -0.3 is 14.2 Å². The van der Waals surface area contributed by atoms with Gasteiger partial charge in [0.05, 0.1) is 6.61 Å². The zero-order valence-electron chi connectivity index (χ0n) is 14.4. The van der Waals surface area contributed by atoms with E-state index in [0.29, 0.717) is 13.1 Å². The first-order chi connectivity index (χ1) is 12.6. The highest BCUT2D eigenvalue weighted by Gasteiger charge is 2.42. The van der Waals surface area contributed by atoms with E-state index in [1.807, 2.05) is 4.90 Å². The number of thiophene rings is 1. The van der Waals surface area contributed by atoms with E-state index >= 15 is 0 Å². The van der Waals surface area contributed by atoms with Crippen LogP contribution in [0.15, 0.2) is 33.3 Å². The van der Waals surface area contributed by atoms with Crippen molar-refractivity contribution in [3.05, 3.63) is 55.0 Å². The second-order valence-electron chi connectivity index (χ2n) is 6.80. The third kappa shape index (κ3) is 3.14. The van der Waals surface area contributed by atoms with Gasteiger partial charge in [-0.25, -0.2) is 4.79 Å². The molecule has 1 fully saturated rings. The number of likely N-dealkylation sites (tertiary alicyclic amines) is 1. The lowest BCUT2D eigenvalue weighted by atomic mass is 9.85. The highest BCUT2D eigenvalue weighted by molar-refractivity contribution is 7.10. The van der Waals surface area contributed by atoms with Crippen molar-refractivity contribution < 1.29 is 9.53 Å². The average molecular weight is 375 g/mol. The summed E-state index contributed by atoms with van der Waals surface area (Å²) in [5.74, 6) is 0.0279. The number of piperidine rings is 1. The number of aromatic nitrogens is 2. The summed E-state index contributed by atoms with van der Waals surface area (Å²) in [6.07, 6.45) is 4.25. The van der Waals surface area contributed by atoms with Gasteiger partial charge in [0.15, 0.2) is 0 Å². The molecule has 2 aromatic rings. The normalized spacial score (nSPS) is 18.7. The predicted octanol–water partition coefficient (Wildman–Crippen LogP) is 1.08. The zero-order chi connectivity index (χ0) is 18.1. The fourth-order valence-electron chi connectivity index (χ4n) is 3.84. The van der Waals surface area contributed by atoms with E-state index in [9.17, 15) is 14.4 Å². The first kappa shape index (κ1) is 17.2. The van der Waals surface area contributed by atoms with Gasteiger partial charge in [-0.05, 0) is 36.3 Å². The summed E-state index contributed by atoms with van der Waals surface area (Å²) >= 11 is 1.76. The Kier molecular flexibility index (Phi) is 4.54. The highest BCUT2D eigenvalue weighted by atomic mass is 32.1. The van der Waals surface area contributed by atoms with Crippen molar-refractivity contribution >= 4 is 17.2 Å². The van der Waals surface area contributed by atoms with Crippen molar-refractivity contribution in [3.63, 3.8) is 0 Å². The summed E-state index contributed by atoms with van der Waals surface area (Å²) in [4.78, 5) is 40.7. The van der Waals surface area contributed by atoms with Gasteiger partial charge in [0.1, 0.15) is 5.60 Å². The maximum Gasteiger partial charge on any atom is 0.328 e. The Morgan fingerprint density at radius 2 is 2.08 bits per heavy atom. The lowest BCUT2D eigenvalue weighted by Crippen LogP contribution is -2.48. The predicted molar refractivity (Wildman–Crippen MR) is 97.4 cm³/mol. The molecule has 2 aliphatic heterocycles. The Balaban J connectivity index is 1.37. The van der Waals surface area contributed by atoms with Crippen molar-refractivity contribution in [3.8, 4) is 0 Å². The van der Waals surface area contributed by atoms with Crippen LogP contribution in [0.5, 0.6) is 0 Å². The lowest BCUT2D eigenvalue weighted by molar-refractivity contribution is -0.140. The minimum absolute atomic E-state index is 0.0279. The summed E-state index contributed by atoms with van der Waals surface area (Å²) in [6.45, 7) is 2.34. The minimum atomic E-state index is -0.483. The molecule has 1 N–H and O–H groups in total. The molecule has 0 atom stereocenters. The van der Waals surface area contributed by atoms with E-state index in [4.69, 9.17) is 4.74 Å². The van der Waals surface area contributed by atoms with Gasteiger partial charge in [-0.3, -0.25) is 14.6 Å². The number of nitrogens with one attached hydrogen (secondary N) is 1. The number of hydrogen-bond acceptors (Lipinski definition) is 5. The number of H-pyrrole nitrogens is 1. The first-order valence-electron chi connectivity index (χ1n) is 8.86. The van der Waals surface area contributed by atoms with Gasteiger partial charge in [0.25, 0.3) is 5.56 Å². The zero-order valence-corrected chi connectivity index (χ0v) is 15.2. The molecule has 4 heterocycles. The van der Waals surface area contributed by atoms with Crippen LogP contribution >= 0.6 is 11.3 Å². The molecular formula is C18H21N3O4S. The van der Waals surface area contributed by atoms with Crippen LogP contribution in [0.1, 0.15) is 29.7 Å². The molecule has 1 spiro atoms. The molecule has 0 aromatic carbocycles. The Morgan fingerprint density at radius 3 is 2.85 bits per heavy atom. The maximum absolute atomic E-state index is 12.5. The average Bonchev–Trinajstić information content (AvgIpc) is 3.12. The number of aryl methyl sites for hydroxylation is 1. The van der Waals surface area contributed by atoms with E-state index < -0.39 is 11.2 Å². The van der Waals surface area contributed by atoms with Gasteiger partial charge in [-0.2, -0.15) is 0 Å². The number of amides is 1. The molecule has 1 saturated heterocycles. The van der Waals surface area contributed by atoms with Gasteiger partial charge in [0.2, 0.25) is 5.91 Å². The molecule has 0 saturated carbocycles. The van der Waals surface area contributed by atoms with Gasteiger partial charge in [-0.15, -0.1) is 11.3 Å². The fraction of sp³-hybridized carbons (Fsp3) is 0.500. The first-order valence-corrected chi connectivity index (χ1v) is 9.74. The van der Waals surface area contributed by atoms with Gasteiger partial charge in [-0.1, -0.05) is 0 Å². The summed E-state index contributed by atoms with van der Waals surface area (Å²) in [6, 6.07) is 3.47. The Morgan fingerprint density at radius 1 is 1.27 bits per heavy atom. The molecule has 7 nitrogen and oxygen atoms in total. The van der Waals surface area contributed by atoms with Crippen LogP contribution < -0.4 is 11.2 Å². The summed E-state index contributed by atoms with van der Waals surface area (Å²) in [5.41, 5.74) is 0.246. The van der Waals surface area contributed by atoms with Crippen LogP contribution in [0.4, 0.5) is 0 Å². The van der Waals surface area contributed by atoms with Gasteiger partial charge in [0, 0.05) is 43.2 Å². The number of hydrogen-bond donors (Lipinski definition) is 1. The monoisotopic (exact) mass is 375 g/mol. The molecule has 0 unspecified atom stereocenters. The largest absolute Gasteiger partial charge is 0.369 e. The molecule has 138 valence electrons. The Labute approximate surface area is 154 Å². The van der Waals surface area contributed by atoms with Crippen LogP contribution in [0, 0.1) is 0 Å². The third-order valence-corrected chi connectivity index (χ3v) is 6.44. The molecule has 1 amide bonds. The third-order valence-electron chi connectivity index (χ3n) is 5.30. The number of nitrogens with zero attached hydrogens (tertiary/aromatic N) is 2. The molecule has 2 aromatic heterocycles. The molecule has 0 bridgehead atoms. The Hall–Kier alpha value is -2.19. The van der Waals surface area contributed by atoms with Crippen molar-refractivity contribution in [1.29, 1.82) is 0 Å². The van der Waals surface area contributed by atoms with Crippen LogP contribution in [0.3, 0.4) is 0 Å². The van der Waals surface area contributed by atoms with Crippen molar-refractivity contribution in [1.82, 2.24) is 14.5 Å². The van der Waals surface area contributed by atoms with E-state index in [2.05, 4.69) is 16.4 Å². The summed E-state index contributed by atoms with van der Waals surface area (Å²) in [7, 11) is 0. The van der Waals surface area contributed by atoms with Crippen molar-refractivity contribution in [2.75, 3.05) is 19.7 Å². The van der Waals surface area contributed by atoms with Crippen LogP contribution in [-0.2, 0) is 28.1 Å². The topological polar surface area (TPSA) is 84.4 Å². The quantitative estimate of drug-likeness (QED) is 0.870. The summed E-state index contributed by atoms with van der Waals surface area (Å²) < 4.78 is 7.52. The minimum Gasteiger partial charge on any atom is -0.369 e. The van der Waals surface area contributed by atoms with Crippen molar-refractivity contribution in [2.24, 2.45) is 0 Å². The number of aromatic amines is 1. The molecule has 4 rings (SSSR count). The standard InChI is InChI=1S/C18H21N3O4S/c22-14-1-7-21(17(24)19-14)8-2-15(23)20-9-5-18(6-10-20)16-13(3-11-25-18)4-12-26-16/h1,4,7,12H,2-3,5-6,8-11H2,(H,19,22,24). The number of ether oxygens (including phenoxy) is 1. The van der Waals surface area contributed by atoms with E-state index in [1.54, 1.807) is 11.3 Å². The maximum atomic E-state index is 12.5. The SMILES string of the molecule is O=C(CCn1ccc(=O)[nH]c1=O)N1CCC2(CC1)OCCc1ccsc12. The summed E-state index contributed by atoms with van der Waals surface area (Å²) in [5, 5.41) is 2.13. The number of carbonyl (C=O) groups excluding carboxylic acids is 1. The van der Waals surface area contributed by atoms with E-state index in [-0.39, 0.29) is 24.5 Å². The molecule has 0 radical (unpaired) electrons. The lowest BCUT2D eigenvalue weighted by Gasteiger charge is -2.43. The highest BCUT2D eigenvalue weighted by Crippen LogP contribution is 2.44. The molecule has 8 heteroatoms. The van der Waals surface area contributed by atoms with Gasteiger partial charge >= 0.3 is 5.69 Å². The molecule has 0 aliphatic carbocycles. The van der Waals surface area contributed by atoms with E-state index in [1.165, 1.54) is 27.3 Å². The second-order valence-corrected chi connectivity index (χ2v) is 7.72. The van der Waals surface area contributed by atoms with E-state index in [0.717, 1.165) is 25.9 Å². The molecule has 2 aliphatic rings. The fourth-order valence-corrected chi connectivity index (χ4v) is 5.01. The second kappa shape index (κ2) is 6.85. The molecular weight excluding hydrogens is 354 g/mol. The Bertz CT molecular complexity index is 921. The van der Waals surface area contributed by atoms with Crippen LogP contribution in [-0.4, -0.2) is 40.1 Å². The number of rotatable bonds is 3. The van der Waals surface area contributed by atoms with Crippen molar-refractivity contribution in [2.45, 2.75) is 37.8 Å². The molecule has 26 heavy (non-hydrogen) atoms. The van der Waals surface area contributed by atoms with Crippen LogP contribution in [0.2, 0.25) is 0 Å². The smallest absolute Gasteiger partial charge is 0.328 e. The number of fused-ring (bicyclic) bond motifs is 2. The number of carbonyl (C=O) groups is 1. The van der Waals surface area contributed by atoms with Crippen LogP contribution in [0.25, 0.3) is 0 Å².